The molecule has 3 unspecified atom stereocenters. The van der Waals surface area contributed by atoms with Crippen LogP contribution in [0.2, 0.25) is 0 Å². The third kappa shape index (κ3) is 3.46. The van der Waals surface area contributed by atoms with E-state index in [0.29, 0.717) is 24.4 Å². The van der Waals surface area contributed by atoms with Crippen LogP contribution in [-0.2, 0) is 4.79 Å². The molecular weight excluding hydrogens is 274 g/mol. The second kappa shape index (κ2) is 7.10. The summed E-state index contributed by atoms with van der Waals surface area (Å²) in [6.45, 7) is 4.71. The summed E-state index contributed by atoms with van der Waals surface area (Å²) in [6, 6.07) is 0.369. The SMILES string of the molecule is Cl.NC1CCCC2CN(CC(=O)N3CCCCC3)CC12. The topological polar surface area (TPSA) is 49.6 Å². The van der Waals surface area contributed by atoms with Crippen LogP contribution in [0.3, 0.4) is 0 Å². The minimum absolute atomic E-state index is 0. The lowest BCUT2D eigenvalue weighted by atomic mass is 9.78. The van der Waals surface area contributed by atoms with Gasteiger partial charge in [-0.25, -0.2) is 0 Å². The van der Waals surface area contributed by atoms with Crippen molar-refractivity contribution < 1.29 is 4.79 Å². The molecule has 116 valence electrons. The van der Waals surface area contributed by atoms with Crippen molar-refractivity contribution in [2.24, 2.45) is 17.6 Å². The summed E-state index contributed by atoms with van der Waals surface area (Å²) in [7, 11) is 0. The molecular formula is C15H28ClN3O. The molecule has 4 nitrogen and oxygen atoms in total. The number of fused-ring (bicyclic) bond motifs is 1. The second-order valence-electron chi connectivity index (χ2n) is 6.65. The minimum atomic E-state index is 0. The van der Waals surface area contributed by atoms with E-state index in [1.807, 2.05) is 0 Å². The Morgan fingerprint density at radius 3 is 2.50 bits per heavy atom. The van der Waals surface area contributed by atoms with Crippen LogP contribution in [0.15, 0.2) is 0 Å². The lowest BCUT2D eigenvalue weighted by Gasteiger charge is -2.30. The molecule has 1 aliphatic carbocycles. The number of nitrogens with zero attached hydrogens (tertiary/aromatic N) is 2. The Morgan fingerprint density at radius 2 is 1.80 bits per heavy atom. The Kier molecular flexibility index (Phi) is 5.70. The van der Waals surface area contributed by atoms with E-state index in [-0.39, 0.29) is 12.4 Å². The summed E-state index contributed by atoms with van der Waals surface area (Å²) < 4.78 is 0. The number of nitrogens with two attached hydrogens (primary N) is 1. The lowest BCUT2D eigenvalue weighted by Crippen LogP contribution is -2.42. The summed E-state index contributed by atoms with van der Waals surface area (Å²) in [5, 5.41) is 0. The van der Waals surface area contributed by atoms with Crippen molar-refractivity contribution in [1.29, 1.82) is 0 Å². The molecule has 0 aromatic carbocycles. The van der Waals surface area contributed by atoms with Gasteiger partial charge < -0.3 is 10.6 Å². The first kappa shape index (κ1) is 16.1. The molecule has 0 spiro atoms. The number of carbonyl (C=O) groups excluding carboxylic acids is 1. The minimum Gasteiger partial charge on any atom is -0.342 e. The van der Waals surface area contributed by atoms with Gasteiger partial charge in [0.15, 0.2) is 0 Å². The molecule has 1 saturated carbocycles. The van der Waals surface area contributed by atoms with Gasteiger partial charge in [-0.3, -0.25) is 9.69 Å². The van der Waals surface area contributed by atoms with Gasteiger partial charge in [0.1, 0.15) is 0 Å². The molecule has 0 radical (unpaired) electrons. The Bertz CT molecular complexity index is 333. The van der Waals surface area contributed by atoms with Gasteiger partial charge in [0.2, 0.25) is 5.91 Å². The summed E-state index contributed by atoms with van der Waals surface area (Å²) in [6.07, 6.45) is 7.41. The molecule has 3 fully saturated rings. The third-order valence-corrected chi connectivity index (χ3v) is 5.30. The molecule has 5 heteroatoms. The van der Waals surface area contributed by atoms with E-state index in [0.717, 1.165) is 32.1 Å². The van der Waals surface area contributed by atoms with Gasteiger partial charge in [-0.05, 0) is 43.9 Å². The Labute approximate surface area is 128 Å². The smallest absolute Gasteiger partial charge is 0.236 e. The average molecular weight is 302 g/mol. The van der Waals surface area contributed by atoms with Gasteiger partial charge in [0, 0.05) is 32.2 Å². The van der Waals surface area contributed by atoms with Crippen molar-refractivity contribution in [1.82, 2.24) is 9.80 Å². The number of hydrogen-bond acceptors (Lipinski definition) is 3. The Balaban J connectivity index is 0.00000147. The molecule has 0 bridgehead atoms. The number of amides is 1. The highest BCUT2D eigenvalue weighted by molar-refractivity contribution is 5.85. The highest BCUT2D eigenvalue weighted by Crippen LogP contribution is 2.35. The second-order valence-corrected chi connectivity index (χ2v) is 6.65. The molecule has 2 aliphatic heterocycles. The summed E-state index contributed by atoms with van der Waals surface area (Å²) in [4.78, 5) is 16.7. The fourth-order valence-electron chi connectivity index (χ4n) is 4.17. The van der Waals surface area contributed by atoms with Crippen LogP contribution in [0.4, 0.5) is 0 Å². The van der Waals surface area contributed by atoms with Crippen LogP contribution in [0.25, 0.3) is 0 Å². The van der Waals surface area contributed by atoms with Crippen LogP contribution in [0, 0.1) is 11.8 Å². The number of halogens is 1. The molecule has 3 atom stereocenters. The van der Waals surface area contributed by atoms with Gasteiger partial charge in [-0.2, -0.15) is 0 Å². The molecule has 2 heterocycles. The first-order chi connectivity index (χ1) is 9.24. The standard InChI is InChI=1S/C15H27N3O.ClH/c16-14-6-4-5-12-9-17(10-13(12)14)11-15(19)18-7-2-1-3-8-18;/h12-14H,1-11,16H2;1H. The van der Waals surface area contributed by atoms with Crippen molar-refractivity contribution in [2.45, 2.75) is 44.6 Å². The predicted octanol–water partition coefficient (Wildman–Crippen LogP) is 1.48. The van der Waals surface area contributed by atoms with Gasteiger partial charge >= 0.3 is 0 Å². The zero-order valence-electron chi connectivity index (χ0n) is 12.3. The van der Waals surface area contributed by atoms with Crippen LogP contribution in [-0.4, -0.2) is 54.5 Å². The van der Waals surface area contributed by atoms with E-state index in [1.165, 1.54) is 38.5 Å². The molecule has 0 aromatic heterocycles. The lowest BCUT2D eigenvalue weighted by molar-refractivity contribution is -0.133. The summed E-state index contributed by atoms with van der Waals surface area (Å²) in [5.41, 5.74) is 6.23. The van der Waals surface area contributed by atoms with Gasteiger partial charge in [0.25, 0.3) is 0 Å². The monoisotopic (exact) mass is 301 g/mol. The van der Waals surface area contributed by atoms with Crippen LogP contribution >= 0.6 is 12.4 Å². The quantitative estimate of drug-likeness (QED) is 0.840. The van der Waals surface area contributed by atoms with Crippen molar-refractivity contribution >= 4 is 18.3 Å². The van der Waals surface area contributed by atoms with E-state index in [2.05, 4.69) is 9.80 Å². The third-order valence-electron chi connectivity index (χ3n) is 5.30. The molecule has 2 N–H and O–H groups in total. The molecule has 3 rings (SSSR count). The average Bonchev–Trinajstić information content (AvgIpc) is 2.84. The maximum Gasteiger partial charge on any atom is 0.236 e. The van der Waals surface area contributed by atoms with Crippen LogP contribution in [0.1, 0.15) is 38.5 Å². The molecule has 3 aliphatic rings. The van der Waals surface area contributed by atoms with E-state index in [4.69, 9.17) is 5.73 Å². The van der Waals surface area contributed by atoms with Gasteiger partial charge in [-0.1, -0.05) is 6.42 Å². The van der Waals surface area contributed by atoms with E-state index < -0.39 is 0 Å². The molecule has 20 heavy (non-hydrogen) atoms. The van der Waals surface area contributed by atoms with Gasteiger partial charge in [-0.15, -0.1) is 12.4 Å². The zero-order chi connectivity index (χ0) is 13.2. The fraction of sp³-hybridized carbons (Fsp3) is 0.933. The predicted molar refractivity (Wildman–Crippen MR) is 82.9 cm³/mol. The van der Waals surface area contributed by atoms with Crippen LogP contribution < -0.4 is 5.73 Å². The van der Waals surface area contributed by atoms with Crippen molar-refractivity contribution in [3.05, 3.63) is 0 Å². The van der Waals surface area contributed by atoms with Crippen LogP contribution in [0.5, 0.6) is 0 Å². The number of rotatable bonds is 2. The fourth-order valence-corrected chi connectivity index (χ4v) is 4.17. The molecule has 2 saturated heterocycles. The number of carbonyl (C=O) groups is 1. The van der Waals surface area contributed by atoms with Crippen molar-refractivity contribution in [3.63, 3.8) is 0 Å². The Hall–Kier alpha value is -0.320. The first-order valence-electron chi connectivity index (χ1n) is 8.00. The maximum absolute atomic E-state index is 12.3. The number of hydrogen-bond donors (Lipinski definition) is 1. The maximum atomic E-state index is 12.3. The van der Waals surface area contributed by atoms with E-state index in [1.54, 1.807) is 0 Å². The van der Waals surface area contributed by atoms with E-state index >= 15 is 0 Å². The number of likely N-dealkylation sites (tertiary alicyclic amines) is 2. The van der Waals surface area contributed by atoms with Gasteiger partial charge in [0.05, 0.1) is 6.54 Å². The normalized spacial score (nSPS) is 34.5. The highest BCUT2D eigenvalue weighted by atomic mass is 35.5. The Morgan fingerprint density at radius 1 is 1.05 bits per heavy atom. The van der Waals surface area contributed by atoms with E-state index in [9.17, 15) is 4.79 Å². The number of piperidine rings is 1. The van der Waals surface area contributed by atoms with Crippen molar-refractivity contribution in [2.75, 3.05) is 32.7 Å². The first-order valence-corrected chi connectivity index (χ1v) is 8.00. The zero-order valence-corrected chi connectivity index (χ0v) is 13.1. The molecule has 0 aromatic rings. The van der Waals surface area contributed by atoms with Crippen molar-refractivity contribution in [3.8, 4) is 0 Å². The molecule has 1 amide bonds. The largest absolute Gasteiger partial charge is 0.342 e. The highest BCUT2D eigenvalue weighted by Gasteiger charge is 2.39. The summed E-state index contributed by atoms with van der Waals surface area (Å²) in [5.74, 6) is 1.73. The summed E-state index contributed by atoms with van der Waals surface area (Å²) >= 11 is 0.